The summed E-state index contributed by atoms with van der Waals surface area (Å²) in [6, 6.07) is 9.37. The standard InChI is InChI=1S/C19H22N2O5/c1-5-25-17(23)13-9-10-16(22)21(12-13)15-8-6-7-14(11-15)20-18(24)26-19(2,3)4/h6-12H,5H2,1-4H3,(H,20,24). The van der Waals surface area contributed by atoms with E-state index < -0.39 is 17.7 Å². The predicted octanol–water partition coefficient (Wildman–Crippen LogP) is 3.36. The Morgan fingerprint density at radius 1 is 1.15 bits per heavy atom. The summed E-state index contributed by atoms with van der Waals surface area (Å²) in [5.74, 6) is -0.510. The van der Waals surface area contributed by atoms with E-state index in [0.717, 1.165) is 0 Å². The molecule has 0 atom stereocenters. The highest BCUT2D eigenvalue weighted by Crippen LogP contribution is 2.16. The Kier molecular flexibility index (Phi) is 5.82. The molecular weight excluding hydrogens is 336 g/mol. The van der Waals surface area contributed by atoms with Gasteiger partial charge in [-0.1, -0.05) is 6.07 Å². The van der Waals surface area contributed by atoms with E-state index in [-0.39, 0.29) is 17.7 Å². The maximum Gasteiger partial charge on any atom is 0.412 e. The first-order valence-electron chi connectivity index (χ1n) is 8.20. The zero-order valence-electron chi connectivity index (χ0n) is 15.2. The zero-order valence-corrected chi connectivity index (χ0v) is 15.2. The summed E-state index contributed by atoms with van der Waals surface area (Å²) in [5, 5.41) is 2.62. The number of carbonyl (C=O) groups excluding carboxylic acids is 2. The van der Waals surface area contributed by atoms with Gasteiger partial charge in [0.25, 0.3) is 5.56 Å². The van der Waals surface area contributed by atoms with E-state index >= 15 is 0 Å². The lowest BCUT2D eigenvalue weighted by atomic mass is 10.2. The number of amides is 1. The number of nitrogens with one attached hydrogen (secondary N) is 1. The summed E-state index contributed by atoms with van der Waals surface area (Å²) in [7, 11) is 0. The molecule has 0 aliphatic carbocycles. The topological polar surface area (TPSA) is 86.6 Å². The maximum atomic E-state index is 12.2. The van der Waals surface area contributed by atoms with Gasteiger partial charge in [-0.2, -0.15) is 0 Å². The monoisotopic (exact) mass is 358 g/mol. The second kappa shape index (κ2) is 7.86. The lowest BCUT2D eigenvalue weighted by molar-refractivity contribution is 0.0524. The van der Waals surface area contributed by atoms with Crippen LogP contribution in [0.5, 0.6) is 0 Å². The van der Waals surface area contributed by atoms with Crippen LogP contribution in [-0.4, -0.2) is 28.8 Å². The molecule has 1 aromatic carbocycles. The Bertz CT molecular complexity index is 865. The normalized spacial score (nSPS) is 10.9. The first-order chi connectivity index (χ1) is 12.2. The van der Waals surface area contributed by atoms with Crippen molar-refractivity contribution in [2.45, 2.75) is 33.3 Å². The minimum Gasteiger partial charge on any atom is -0.462 e. The van der Waals surface area contributed by atoms with Crippen molar-refractivity contribution in [1.82, 2.24) is 4.57 Å². The highest BCUT2D eigenvalue weighted by atomic mass is 16.6. The number of benzene rings is 1. The van der Waals surface area contributed by atoms with Crippen molar-refractivity contribution in [3.8, 4) is 5.69 Å². The van der Waals surface area contributed by atoms with Crippen LogP contribution in [0.1, 0.15) is 38.1 Å². The number of hydrogen-bond donors (Lipinski definition) is 1. The molecule has 7 heteroatoms. The molecule has 0 bridgehead atoms. The van der Waals surface area contributed by atoms with Crippen LogP contribution in [0.3, 0.4) is 0 Å². The number of pyridine rings is 1. The van der Waals surface area contributed by atoms with E-state index in [4.69, 9.17) is 9.47 Å². The summed E-state index contributed by atoms with van der Waals surface area (Å²) in [6.07, 6.45) is 0.815. The zero-order chi connectivity index (χ0) is 19.3. The van der Waals surface area contributed by atoms with Gasteiger partial charge in [-0.15, -0.1) is 0 Å². The second-order valence-corrected chi connectivity index (χ2v) is 6.52. The van der Waals surface area contributed by atoms with Crippen LogP contribution >= 0.6 is 0 Å². The molecule has 1 heterocycles. The third kappa shape index (κ3) is 5.20. The van der Waals surface area contributed by atoms with E-state index in [1.54, 1.807) is 52.0 Å². The minimum absolute atomic E-state index is 0.243. The highest BCUT2D eigenvalue weighted by Gasteiger charge is 2.16. The first kappa shape index (κ1) is 19.2. The fourth-order valence-electron chi connectivity index (χ4n) is 2.18. The Morgan fingerprint density at radius 2 is 1.88 bits per heavy atom. The van der Waals surface area contributed by atoms with Gasteiger partial charge in [0.2, 0.25) is 0 Å². The van der Waals surface area contributed by atoms with Gasteiger partial charge in [0.15, 0.2) is 0 Å². The van der Waals surface area contributed by atoms with Crippen LogP contribution < -0.4 is 10.9 Å². The molecule has 0 spiro atoms. The molecule has 0 fully saturated rings. The quantitative estimate of drug-likeness (QED) is 0.847. The fraction of sp³-hybridized carbons (Fsp3) is 0.316. The molecule has 0 aliphatic rings. The van der Waals surface area contributed by atoms with Crippen molar-refractivity contribution >= 4 is 17.7 Å². The molecular formula is C19H22N2O5. The molecule has 1 aromatic heterocycles. The number of esters is 1. The van der Waals surface area contributed by atoms with Crippen molar-refractivity contribution < 1.29 is 19.1 Å². The van der Waals surface area contributed by atoms with E-state index in [2.05, 4.69) is 5.32 Å². The van der Waals surface area contributed by atoms with Crippen molar-refractivity contribution in [2.75, 3.05) is 11.9 Å². The average molecular weight is 358 g/mol. The molecule has 0 unspecified atom stereocenters. The Hall–Kier alpha value is -3.09. The van der Waals surface area contributed by atoms with Crippen molar-refractivity contribution in [3.63, 3.8) is 0 Å². The number of aromatic nitrogens is 1. The largest absolute Gasteiger partial charge is 0.462 e. The number of rotatable bonds is 4. The van der Waals surface area contributed by atoms with Crippen molar-refractivity contribution in [3.05, 3.63) is 58.5 Å². The second-order valence-electron chi connectivity index (χ2n) is 6.52. The molecule has 2 rings (SSSR count). The van der Waals surface area contributed by atoms with Gasteiger partial charge >= 0.3 is 12.1 Å². The summed E-state index contributed by atoms with van der Waals surface area (Å²) < 4.78 is 11.5. The minimum atomic E-state index is -0.618. The van der Waals surface area contributed by atoms with Crippen LogP contribution in [0.4, 0.5) is 10.5 Å². The first-order valence-corrected chi connectivity index (χ1v) is 8.20. The van der Waals surface area contributed by atoms with Crippen LogP contribution in [0, 0.1) is 0 Å². The van der Waals surface area contributed by atoms with E-state index in [1.807, 2.05) is 0 Å². The Labute approximate surface area is 151 Å². The Morgan fingerprint density at radius 3 is 2.54 bits per heavy atom. The van der Waals surface area contributed by atoms with E-state index in [1.165, 1.54) is 22.9 Å². The smallest absolute Gasteiger partial charge is 0.412 e. The van der Waals surface area contributed by atoms with Crippen LogP contribution in [-0.2, 0) is 9.47 Å². The van der Waals surface area contributed by atoms with Crippen LogP contribution in [0.2, 0.25) is 0 Å². The number of carbonyl (C=O) groups is 2. The third-order valence-corrected chi connectivity index (χ3v) is 3.19. The van der Waals surface area contributed by atoms with Gasteiger partial charge in [-0.3, -0.25) is 14.7 Å². The van der Waals surface area contributed by atoms with Gasteiger partial charge in [-0.25, -0.2) is 9.59 Å². The van der Waals surface area contributed by atoms with Gasteiger partial charge < -0.3 is 9.47 Å². The number of hydrogen-bond acceptors (Lipinski definition) is 5. The molecule has 138 valence electrons. The molecule has 0 saturated carbocycles. The summed E-state index contributed by atoms with van der Waals surface area (Å²) in [5.41, 5.74) is 0.288. The van der Waals surface area contributed by atoms with Gasteiger partial charge in [0.1, 0.15) is 5.60 Å². The molecule has 0 aliphatic heterocycles. The maximum absolute atomic E-state index is 12.2. The summed E-state index contributed by atoms with van der Waals surface area (Å²) >= 11 is 0. The average Bonchev–Trinajstić information content (AvgIpc) is 2.53. The fourth-order valence-corrected chi connectivity index (χ4v) is 2.18. The molecule has 7 nitrogen and oxygen atoms in total. The molecule has 26 heavy (non-hydrogen) atoms. The summed E-state index contributed by atoms with van der Waals surface area (Å²) in [6.45, 7) is 7.25. The van der Waals surface area contributed by atoms with E-state index in [9.17, 15) is 14.4 Å². The van der Waals surface area contributed by atoms with Gasteiger partial charge in [-0.05, 0) is 52.0 Å². The van der Waals surface area contributed by atoms with Crippen LogP contribution in [0.15, 0.2) is 47.4 Å². The number of anilines is 1. The highest BCUT2D eigenvalue weighted by molar-refractivity contribution is 5.89. The van der Waals surface area contributed by atoms with Gasteiger partial charge in [0.05, 0.1) is 17.9 Å². The number of ether oxygens (including phenoxy) is 2. The van der Waals surface area contributed by atoms with Crippen molar-refractivity contribution in [1.29, 1.82) is 0 Å². The summed E-state index contributed by atoms with van der Waals surface area (Å²) in [4.78, 5) is 35.9. The predicted molar refractivity (Wildman–Crippen MR) is 97.9 cm³/mol. The van der Waals surface area contributed by atoms with Crippen LogP contribution in [0.25, 0.3) is 5.69 Å². The molecule has 2 aromatic rings. The SMILES string of the molecule is CCOC(=O)c1ccc(=O)n(-c2cccc(NC(=O)OC(C)(C)C)c2)c1. The lowest BCUT2D eigenvalue weighted by Gasteiger charge is -2.19. The molecule has 0 radical (unpaired) electrons. The molecule has 0 saturated heterocycles. The lowest BCUT2D eigenvalue weighted by Crippen LogP contribution is -2.27. The molecule has 1 amide bonds. The Balaban J connectivity index is 2.30. The number of nitrogens with zero attached hydrogens (tertiary/aromatic N) is 1. The van der Waals surface area contributed by atoms with Gasteiger partial charge in [0, 0.05) is 18.0 Å². The van der Waals surface area contributed by atoms with E-state index in [0.29, 0.717) is 11.4 Å². The molecule has 1 N–H and O–H groups in total. The third-order valence-electron chi connectivity index (χ3n) is 3.19. The van der Waals surface area contributed by atoms with Crippen molar-refractivity contribution in [2.24, 2.45) is 0 Å².